The fraction of sp³-hybridized carbons (Fsp3) is 0.182. The van der Waals surface area contributed by atoms with Crippen LogP contribution in [0, 0.1) is 0 Å². The summed E-state index contributed by atoms with van der Waals surface area (Å²) in [6.45, 7) is 0.970. The second kappa shape index (κ2) is 5.82. The number of phenolic OH excluding ortho intramolecular Hbond substituents is 1. The van der Waals surface area contributed by atoms with Crippen molar-refractivity contribution in [3.8, 4) is 5.75 Å². The molecule has 1 aromatic carbocycles. The Hall–Kier alpha value is -1.81. The van der Waals surface area contributed by atoms with E-state index in [1.165, 1.54) is 6.08 Å². The number of nitrogens with one attached hydrogen (secondary N) is 1. The van der Waals surface area contributed by atoms with Crippen LogP contribution in [-0.2, 0) is 11.3 Å². The SMILES string of the molecule is O=C(O)/C=C/CNCc1ccccc1O. The number of rotatable bonds is 5. The lowest BCUT2D eigenvalue weighted by Crippen LogP contribution is -2.13. The maximum Gasteiger partial charge on any atom is 0.328 e. The molecule has 1 rings (SSSR count). The molecule has 0 atom stereocenters. The number of carboxylic acid groups (broad SMARTS) is 1. The van der Waals surface area contributed by atoms with Crippen LogP contribution in [0.2, 0.25) is 0 Å². The van der Waals surface area contributed by atoms with Crippen LogP contribution >= 0.6 is 0 Å². The Labute approximate surface area is 87.9 Å². The zero-order valence-corrected chi connectivity index (χ0v) is 8.18. The number of carboxylic acids is 1. The molecule has 0 aliphatic rings. The van der Waals surface area contributed by atoms with Gasteiger partial charge in [-0.05, 0) is 6.07 Å². The molecule has 0 saturated heterocycles. The van der Waals surface area contributed by atoms with Gasteiger partial charge in [0.25, 0.3) is 0 Å². The Kier molecular flexibility index (Phi) is 4.37. The van der Waals surface area contributed by atoms with Gasteiger partial charge in [0.2, 0.25) is 0 Å². The third kappa shape index (κ3) is 4.28. The molecule has 1 aromatic rings. The molecule has 0 bridgehead atoms. The Morgan fingerprint density at radius 3 is 2.80 bits per heavy atom. The van der Waals surface area contributed by atoms with Gasteiger partial charge >= 0.3 is 5.97 Å². The van der Waals surface area contributed by atoms with Crippen molar-refractivity contribution in [2.45, 2.75) is 6.54 Å². The van der Waals surface area contributed by atoms with Crippen LogP contribution in [0.3, 0.4) is 0 Å². The topological polar surface area (TPSA) is 69.6 Å². The maximum absolute atomic E-state index is 10.1. The highest BCUT2D eigenvalue weighted by molar-refractivity contribution is 5.79. The van der Waals surface area contributed by atoms with E-state index in [-0.39, 0.29) is 5.75 Å². The average Bonchev–Trinajstić information content (AvgIpc) is 2.20. The molecule has 0 amide bonds. The molecule has 0 aliphatic carbocycles. The van der Waals surface area contributed by atoms with Gasteiger partial charge in [0.05, 0.1) is 0 Å². The molecule has 3 N–H and O–H groups in total. The van der Waals surface area contributed by atoms with Gasteiger partial charge in [0, 0.05) is 24.7 Å². The van der Waals surface area contributed by atoms with Crippen molar-refractivity contribution in [3.63, 3.8) is 0 Å². The standard InChI is InChI=1S/C11H13NO3/c13-10-5-2-1-4-9(10)8-12-7-3-6-11(14)15/h1-6,12-13H,7-8H2,(H,14,15)/b6-3+. The minimum absolute atomic E-state index is 0.243. The predicted molar refractivity (Wildman–Crippen MR) is 56.6 cm³/mol. The molecule has 0 heterocycles. The Morgan fingerprint density at radius 2 is 2.13 bits per heavy atom. The van der Waals surface area contributed by atoms with Gasteiger partial charge in [0.1, 0.15) is 5.75 Å². The van der Waals surface area contributed by atoms with E-state index in [0.717, 1.165) is 11.6 Å². The minimum Gasteiger partial charge on any atom is -0.508 e. The van der Waals surface area contributed by atoms with E-state index >= 15 is 0 Å². The van der Waals surface area contributed by atoms with Crippen molar-refractivity contribution >= 4 is 5.97 Å². The van der Waals surface area contributed by atoms with Crippen LogP contribution in [-0.4, -0.2) is 22.7 Å². The van der Waals surface area contributed by atoms with Gasteiger partial charge in [0.15, 0.2) is 0 Å². The lowest BCUT2D eigenvalue weighted by atomic mass is 10.2. The van der Waals surface area contributed by atoms with E-state index in [0.29, 0.717) is 13.1 Å². The number of aliphatic carboxylic acids is 1. The van der Waals surface area contributed by atoms with Crippen LogP contribution in [0.5, 0.6) is 5.75 Å². The molecular formula is C11H13NO3. The van der Waals surface area contributed by atoms with Crippen molar-refractivity contribution in [3.05, 3.63) is 42.0 Å². The monoisotopic (exact) mass is 207 g/mol. The first-order valence-electron chi connectivity index (χ1n) is 4.57. The lowest BCUT2D eigenvalue weighted by molar-refractivity contribution is -0.131. The molecule has 4 heteroatoms. The zero-order chi connectivity index (χ0) is 11.1. The summed E-state index contributed by atoms with van der Waals surface area (Å²) in [5, 5.41) is 20.7. The van der Waals surface area contributed by atoms with Crippen molar-refractivity contribution in [2.24, 2.45) is 0 Å². The van der Waals surface area contributed by atoms with Crippen LogP contribution < -0.4 is 5.32 Å². The van der Waals surface area contributed by atoms with Gasteiger partial charge in [-0.25, -0.2) is 4.79 Å². The van der Waals surface area contributed by atoms with Crippen LogP contribution in [0.15, 0.2) is 36.4 Å². The summed E-state index contributed by atoms with van der Waals surface area (Å²) in [5.41, 5.74) is 0.793. The Balaban J connectivity index is 2.32. The number of para-hydroxylation sites is 1. The summed E-state index contributed by atoms with van der Waals surface area (Å²) >= 11 is 0. The molecule has 15 heavy (non-hydrogen) atoms. The third-order valence-corrected chi connectivity index (χ3v) is 1.83. The smallest absolute Gasteiger partial charge is 0.328 e. The summed E-state index contributed by atoms with van der Waals surface area (Å²) in [4.78, 5) is 10.1. The number of hydrogen-bond acceptors (Lipinski definition) is 3. The largest absolute Gasteiger partial charge is 0.508 e. The Bertz CT molecular complexity index is 361. The average molecular weight is 207 g/mol. The van der Waals surface area contributed by atoms with Crippen molar-refractivity contribution < 1.29 is 15.0 Å². The molecule has 0 spiro atoms. The first-order chi connectivity index (χ1) is 7.20. The fourth-order valence-electron chi connectivity index (χ4n) is 1.11. The maximum atomic E-state index is 10.1. The quantitative estimate of drug-likeness (QED) is 0.500. The number of benzene rings is 1. The second-order valence-electron chi connectivity index (χ2n) is 3.00. The molecule has 0 saturated carbocycles. The minimum atomic E-state index is -0.959. The first kappa shape index (κ1) is 11.3. The van der Waals surface area contributed by atoms with Crippen LogP contribution in [0.4, 0.5) is 0 Å². The highest BCUT2D eigenvalue weighted by atomic mass is 16.4. The van der Waals surface area contributed by atoms with Gasteiger partial charge in [-0.1, -0.05) is 24.3 Å². The van der Waals surface area contributed by atoms with Crippen molar-refractivity contribution in [1.82, 2.24) is 5.32 Å². The molecular weight excluding hydrogens is 194 g/mol. The zero-order valence-electron chi connectivity index (χ0n) is 8.18. The summed E-state index contributed by atoms with van der Waals surface area (Å²) < 4.78 is 0. The molecule has 0 fully saturated rings. The van der Waals surface area contributed by atoms with E-state index in [1.54, 1.807) is 12.1 Å². The van der Waals surface area contributed by atoms with Gasteiger partial charge < -0.3 is 15.5 Å². The Morgan fingerprint density at radius 1 is 1.40 bits per heavy atom. The summed E-state index contributed by atoms with van der Waals surface area (Å²) in [6.07, 6.45) is 2.60. The molecule has 4 nitrogen and oxygen atoms in total. The summed E-state index contributed by atoms with van der Waals surface area (Å²) in [7, 11) is 0. The molecule has 0 radical (unpaired) electrons. The van der Waals surface area contributed by atoms with E-state index in [1.807, 2.05) is 12.1 Å². The fourth-order valence-corrected chi connectivity index (χ4v) is 1.11. The number of phenols is 1. The second-order valence-corrected chi connectivity index (χ2v) is 3.00. The van der Waals surface area contributed by atoms with Crippen molar-refractivity contribution in [1.29, 1.82) is 0 Å². The lowest BCUT2D eigenvalue weighted by Gasteiger charge is -2.03. The van der Waals surface area contributed by atoms with Gasteiger partial charge in [-0.3, -0.25) is 0 Å². The molecule has 80 valence electrons. The number of carbonyl (C=O) groups is 1. The summed E-state index contributed by atoms with van der Waals surface area (Å²) in [6, 6.07) is 7.01. The first-order valence-corrected chi connectivity index (χ1v) is 4.57. The third-order valence-electron chi connectivity index (χ3n) is 1.83. The molecule has 0 aromatic heterocycles. The van der Waals surface area contributed by atoms with E-state index in [2.05, 4.69) is 5.32 Å². The number of aromatic hydroxyl groups is 1. The van der Waals surface area contributed by atoms with Gasteiger partial charge in [-0.15, -0.1) is 0 Å². The van der Waals surface area contributed by atoms with E-state index < -0.39 is 5.97 Å². The van der Waals surface area contributed by atoms with Gasteiger partial charge in [-0.2, -0.15) is 0 Å². The van der Waals surface area contributed by atoms with Crippen LogP contribution in [0.1, 0.15) is 5.56 Å². The molecule has 0 aliphatic heterocycles. The highest BCUT2D eigenvalue weighted by Gasteiger charge is 1.96. The van der Waals surface area contributed by atoms with E-state index in [4.69, 9.17) is 5.11 Å². The predicted octanol–water partition coefficient (Wildman–Crippen LogP) is 1.12. The summed E-state index contributed by atoms with van der Waals surface area (Å²) in [5.74, 6) is -0.716. The molecule has 0 unspecified atom stereocenters. The van der Waals surface area contributed by atoms with Crippen LogP contribution in [0.25, 0.3) is 0 Å². The van der Waals surface area contributed by atoms with Crippen molar-refractivity contribution in [2.75, 3.05) is 6.54 Å². The highest BCUT2D eigenvalue weighted by Crippen LogP contribution is 2.14. The van der Waals surface area contributed by atoms with E-state index in [9.17, 15) is 9.90 Å². The normalized spacial score (nSPS) is 10.7. The number of hydrogen-bond donors (Lipinski definition) is 3.